The highest BCUT2D eigenvalue weighted by atomic mass is 32.2. The molecule has 1 saturated heterocycles. The van der Waals surface area contributed by atoms with E-state index in [0.717, 1.165) is 35.7 Å². The second-order valence-electron chi connectivity index (χ2n) is 6.16. The Morgan fingerprint density at radius 3 is 3.09 bits per heavy atom. The zero-order valence-electron chi connectivity index (χ0n) is 13.6. The number of rotatable bonds is 5. The predicted octanol–water partition coefficient (Wildman–Crippen LogP) is 3.57. The highest BCUT2D eigenvalue weighted by molar-refractivity contribution is 7.99. The monoisotopic (exact) mass is 329 g/mol. The fraction of sp³-hybridized carbons (Fsp3) is 0.444. The van der Waals surface area contributed by atoms with Gasteiger partial charge in [-0.25, -0.2) is 4.98 Å². The normalized spacial score (nSPS) is 18.3. The second-order valence-corrected chi connectivity index (χ2v) is 7.10. The molecule has 2 heterocycles. The van der Waals surface area contributed by atoms with Gasteiger partial charge in [0.1, 0.15) is 0 Å². The number of benzene rings is 1. The lowest BCUT2D eigenvalue weighted by molar-refractivity contribution is -0.130. The van der Waals surface area contributed by atoms with E-state index in [1.807, 2.05) is 29.2 Å². The Bertz CT molecular complexity index is 709. The molecule has 1 atom stereocenters. The van der Waals surface area contributed by atoms with Crippen LogP contribution in [0.15, 0.2) is 42.1 Å². The molecule has 5 heteroatoms. The molecular formula is C18H23N3OS. The molecule has 2 aromatic rings. The third kappa shape index (κ3) is 3.61. The van der Waals surface area contributed by atoms with Crippen LogP contribution in [0.3, 0.4) is 0 Å². The average molecular weight is 329 g/mol. The van der Waals surface area contributed by atoms with Crippen molar-refractivity contribution in [1.82, 2.24) is 14.5 Å². The summed E-state index contributed by atoms with van der Waals surface area (Å²) in [5, 5.41) is 0.893. The number of piperidine rings is 1. The fourth-order valence-electron chi connectivity index (χ4n) is 3.10. The molecule has 1 aliphatic heterocycles. The summed E-state index contributed by atoms with van der Waals surface area (Å²) < 4.78 is 2.12. The number of imidazole rings is 1. The highest BCUT2D eigenvalue weighted by Crippen LogP contribution is 2.25. The van der Waals surface area contributed by atoms with Crippen LogP contribution in [0.25, 0.3) is 11.0 Å². The molecule has 0 N–H and O–H groups in total. The Kier molecular flexibility index (Phi) is 5.06. The first kappa shape index (κ1) is 16.1. The number of para-hydroxylation sites is 2. The number of carbonyl (C=O) groups is 1. The van der Waals surface area contributed by atoms with Crippen molar-refractivity contribution in [1.29, 1.82) is 0 Å². The van der Waals surface area contributed by atoms with E-state index in [9.17, 15) is 4.79 Å². The van der Waals surface area contributed by atoms with E-state index in [4.69, 9.17) is 0 Å². The number of hydrogen-bond donors (Lipinski definition) is 0. The lowest BCUT2D eigenvalue weighted by Gasteiger charge is -2.30. The first-order valence-corrected chi connectivity index (χ1v) is 9.14. The summed E-state index contributed by atoms with van der Waals surface area (Å²) in [5.41, 5.74) is 2.06. The molecule has 0 aliphatic carbocycles. The van der Waals surface area contributed by atoms with Crippen molar-refractivity contribution in [2.75, 3.05) is 18.8 Å². The number of allylic oxidation sites excluding steroid dienone is 1. The van der Waals surface area contributed by atoms with Gasteiger partial charge in [0.2, 0.25) is 5.91 Å². The van der Waals surface area contributed by atoms with Crippen molar-refractivity contribution >= 4 is 28.7 Å². The Morgan fingerprint density at radius 2 is 2.30 bits per heavy atom. The fourth-order valence-corrected chi connectivity index (χ4v) is 4.03. The standard InChI is InChI=1S/C18H23N3OS/c1-3-10-21-16-9-5-4-8-15(16)19-18(21)23-13-17(22)20-11-6-7-14(2)12-20/h3-5,8-9,14H,1,6-7,10-13H2,2H3. The first-order chi connectivity index (χ1) is 11.2. The molecule has 1 aromatic heterocycles. The van der Waals surface area contributed by atoms with Crippen molar-refractivity contribution in [3.63, 3.8) is 0 Å². The Hall–Kier alpha value is -1.75. The summed E-state index contributed by atoms with van der Waals surface area (Å²) >= 11 is 1.53. The number of likely N-dealkylation sites (tertiary alicyclic amines) is 1. The molecule has 0 radical (unpaired) electrons. The van der Waals surface area contributed by atoms with Crippen LogP contribution in [0, 0.1) is 5.92 Å². The third-order valence-corrected chi connectivity index (χ3v) is 5.23. The van der Waals surface area contributed by atoms with E-state index in [1.165, 1.54) is 18.2 Å². The van der Waals surface area contributed by atoms with Crippen LogP contribution in [0.5, 0.6) is 0 Å². The van der Waals surface area contributed by atoms with Crippen LogP contribution in [0.4, 0.5) is 0 Å². The van der Waals surface area contributed by atoms with Gasteiger partial charge in [0.05, 0.1) is 16.8 Å². The van der Waals surface area contributed by atoms with E-state index < -0.39 is 0 Å². The molecule has 0 bridgehead atoms. The van der Waals surface area contributed by atoms with Crippen LogP contribution < -0.4 is 0 Å². The van der Waals surface area contributed by atoms with Crippen LogP contribution in [-0.2, 0) is 11.3 Å². The molecule has 1 unspecified atom stereocenters. The minimum absolute atomic E-state index is 0.221. The molecule has 1 aliphatic rings. The molecule has 1 fully saturated rings. The second kappa shape index (κ2) is 7.21. The molecule has 122 valence electrons. The van der Waals surface area contributed by atoms with Crippen molar-refractivity contribution in [3.05, 3.63) is 36.9 Å². The Morgan fingerprint density at radius 1 is 1.48 bits per heavy atom. The summed E-state index contributed by atoms with van der Waals surface area (Å²) in [6.45, 7) is 8.54. The first-order valence-electron chi connectivity index (χ1n) is 8.15. The van der Waals surface area contributed by atoms with E-state index in [-0.39, 0.29) is 5.91 Å². The third-order valence-electron chi connectivity index (χ3n) is 4.27. The average Bonchev–Trinajstić information content (AvgIpc) is 2.91. The summed E-state index contributed by atoms with van der Waals surface area (Å²) in [6, 6.07) is 8.07. The SMILES string of the molecule is C=CCn1c(SCC(=O)N2CCCC(C)C2)nc2ccccc21. The zero-order chi connectivity index (χ0) is 16.2. The number of carbonyl (C=O) groups excluding carboxylic acids is 1. The van der Waals surface area contributed by atoms with Gasteiger partial charge in [-0.3, -0.25) is 4.79 Å². The van der Waals surface area contributed by atoms with E-state index in [0.29, 0.717) is 18.2 Å². The lowest BCUT2D eigenvalue weighted by atomic mass is 10.0. The number of fused-ring (bicyclic) bond motifs is 1. The maximum absolute atomic E-state index is 12.4. The molecule has 3 rings (SSSR count). The van der Waals surface area contributed by atoms with Crippen molar-refractivity contribution < 1.29 is 4.79 Å². The van der Waals surface area contributed by atoms with E-state index in [2.05, 4.69) is 29.1 Å². The molecular weight excluding hydrogens is 306 g/mol. The number of nitrogens with zero attached hydrogens (tertiary/aromatic N) is 3. The largest absolute Gasteiger partial charge is 0.342 e. The van der Waals surface area contributed by atoms with Crippen LogP contribution in [-0.4, -0.2) is 39.2 Å². The summed E-state index contributed by atoms with van der Waals surface area (Å²) in [4.78, 5) is 19.1. The van der Waals surface area contributed by atoms with Crippen LogP contribution in [0.2, 0.25) is 0 Å². The molecule has 4 nitrogen and oxygen atoms in total. The van der Waals surface area contributed by atoms with E-state index in [1.54, 1.807) is 0 Å². The summed E-state index contributed by atoms with van der Waals surface area (Å²) in [7, 11) is 0. The molecule has 1 aromatic carbocycles. The number of thioether (sulfide) groups is 1. The van der Waals surface area contributed by atoms with Crippen molar-refractivity contribution in [2.45, 2.75) is 31.5 Å². The number of amides is 1. The van der Waals surface area contributed by atoms with Gasteiger partial charge in [-0.1, -0.05) is 36.9 Å². The van der Waals surface area contributed by atoms with Crippen LogP contribution >= 0.6 is 11.8 Å². The molecule has 0 spiro atoms. The summed E-state index contributed by atoms with van der Waals surface area (Å²) in [5.74, 6) is 1.29. The van der Waals surface area contributed by atoms with Crippen molar-refractivity contribution in [2.24, 2.45) is 5.92 Å². The Balaban J connectivity index is 1.72. The quantitative estimate of drug-likeness (QED) is 0.622. The van der Waals surface area contributed by atoms with Crippen molar-refractivity contribution in [3.8, 4) is 0 Å². The smallest absolute Gasteiger partial charge is 0.233 e. The van der Waals surface area contributed by atoms with Gasteiger partial charge < -0.3 is 9.47 Å². The maximum atomic E-state index is 12.4. The van der Waals surface area contributed by atoms with E-state index >= 15 is 0 Å². The number of hydrogen-bond acceptors (Lipinski definition) is 3. The van der Waals surface area contributed by atoms with Gasteiger partial charge in [-0.05, 0) is 30.9 Å². The predicted molar refractivity (Wildman–Crippen MR) is 95.6 cm³/mol. The maximum Gasteiger partial charge on any atom is 0.233 e. The number of aromatic nitrogens is 2. The van der Waals surface area contributed by atoms with Crippen LogP contribution in [0.1, 0.15) is 19.8 Å². The minimum atomic E-state index is 0.221. The molecule has 0 saturated carbocycles. The summed E-state index contributed by atoms with van der Waals surface area (Å²) in [6.07, 6.45) is 4.21. The van der Waals surface area contributed by atoms with Gasteiger partial charge in [-0.15, -0.1) is 6.58 Å². The Labute approximate surface area is 141 Å². The zero-order valence-corrected chi connectivity index (χ0v) is 14.4. The topological polar surface area (TPSA) is 38.1 Å². The lowest BCUT2D eigenvalue weighted by Crippen LogP contribution is -2.40. The van der Waals surface area contributed by atoms with Gasteiger partial charge in [0.25, 0.3) is 0 Å². The minimum Gasteiger partial charge on any atom is -0.342 e. The van der Waals surface area contributed by atoms with Gasteiger partial charge >= 0.3 is 0 Å². The molecule has 1 amide bonds. The van der Waals surface area contributed by atoms with Gasteiger partial charge in [0.15, 0.2) is 5.16 Å². The van der Waals surface area contributed by atoms with Gasteiger partial charge in [-0.2, -0.15) is 0 Å². The van der Waals surface area contributed by atoms with Gasteiger partial charge in [0, 0.05) is 19.6 Å². The molecule has 23 heavy (non-hydrogen) atoms. The highest BCUT2D eigenvalue weighted by Gasteiger charge is 2.21.